The normalized spacial score (nSPS) is 17.5. The van der Waals surface area contributed by atoms with Crippen molar-refractivity contribution in [2.45, 2.75) is 30.9 Å². The Hall–Kier alpha value is -0.910. The van der Waals surface area contributed by atoms with Crippen LogP contribution in [0.15, 0.2) is 29.3 Å². The van der Waals surface area contributed by atoms with Gasteiger partial charge in [-0.1, -0.05) is 30.7 Å². The standard InChI is InChI=1S/C18H28ClN3OS/c1-3-24-18(8-11-23-12-9-18)14-22-17(20-2)21-10-7-15-5-4-6-16(19)13-15/h4-6,13H,3,7-12,14H2,1-2H3,(H2,20,21,22). The Morgan fingerprint density at radius 1 is 1.33 bits per heavy atom. The fourth-order valence-electron chi connectivity index (χ4n) is 2.90. The average Bonchev–Trinajstić information content (AvgIpc) is 2.59. The maximum absolute atomic E-state index is 6.03. The minimum Gasteiger partial charge on any atom is -0.381 e. The van der Waals surface area contributed by atoms with Crippen molar-refractivity contribution in [3.63, 3.8) is 0 Å². The van der Waals surface area contributed by atoms with Gasteiger partial charge in [-0.05, 0) is 42.7 Å². The summed E-state index contributed by atoms with van der Waals surface area (Å²) in [5, 5.41) is 7.68. The highest BCUT2D eigenvalue weighted by Crippen LogP contribution is 2.34. The lowest BCUT2D eigenvalue weighted by molar-refractivity contribution is 0.0782. The molecule has 1 aromatic rings. The Kier molecular flexibility index (Phi) is 8.22. The van der Waals surface area contributed by atoms with E-state index < -0.39 is 0 Å². The minimum atomic E-state index is 0.261. The fraction of sp³-hybridized carbons (Fsp3) is 0.611. The molecule has 1 fully saturated rings. The highest BCUT2D eigenvalue weighted by Gasteiger charge is 2.32. The Labute approximate surface area is 154 Å². The summed E-state index contributed by atoms with van der Waals surface area (Å²) in [6.07, 6.45) is 3.11. The number of ether oxygens (including phenoxy) is 1. The molecule has 1 aromatic carbocycles. The first-order chi connectivity index (χ1) is 11.7. The third-order valence-electron chi connectivity index (χ3n) is 4.25. The molecule has 134 valence electrons. The molecule has 0 bridgehead atoms. The minimum absolute atomic E-state index is 0.261. The molecular formula is C18H28ClN3OS. The van der Waals surface area contributed by atoms with Crippen LogP contribution < -0.4 is 10.6 Å². The fourth-order valence-corrected chi connectivity index (χ4v) is 4.36. The van der Waals surface area contributed by atoms with Crippen molar-refractivity contribution in [1.29, 1.82) is 0 Å². The van der Waals surface area contributed by atoms with Gasteiger partial charge in [0.1, 0.15) is 0 Å². The van der Waals surface area contributed by atoms with Crippen molar-refractivity contribution < 1.29 is 4.74 Å². The molecule has 0 amide bonds. The molecule has 1 aliphatic rings. The van der Waals surface area contributed by atoms with Crippen molar-refractivity contribution in [2.75, 3.05) is 39.1 Å². The van der Waals surface area contributed by atoms with Crippen molar-refractivity contribution in [3.05, 3.63) is 34.9 Å². The lowest BCUT2D eigenvalue weighted by Crippen LogP contribution is -2.48. The van der Waals surface area contributed by atoms with Crippen LogP contribution in [0.25, 0.3) is 0 Å². The van der Waals surface area contributed by atoms with E-state index >= 15 is 0 Å². The van der Waals surface area contributed by atoms with Crippen LogP contribution in [0.5, 0.6) is 0 Å². The molecule has 0 unspecified atom stereocenters. The lowest BCUT2D eigenvalue weighted by atomic mass is 9.99. The third-order valence-corrected chi connectivity index (χ3v) is 5.94. The van der Waals surface area contributed by atoms with Crippen LogP contribution in [-0.4, -0.2) is 49.8 Å². The quantitative estimate of drug-likeness (QED) is 0.571. The molecule has 0 aliphatic carbocycles. The summed E-state index contributed by atoms with van der Waals surface area (Å²) in [6, 6.07) is 7.99. The average molecular weight is 370 g/mol. The highest BCUT2D eigenvalue weighted by atomic mass is 35.5. The first-order valence-electron chi connectivity index (χ1n) is 8.58. The number of hydrogen-bond donors (Lipinski definition) is 2. The SMILES string of the molecule is CCSC1(CNC(=NC)NCCc2cccc(Cl)c2)CCOCC1. The topological polar surface area (TPSA) is 45.7 Å². The third kappa shape index (κ3) is 6.19. The molecule has 0 atom stereocenters. The van der Waals surface area contributed by atoms with Crippen molar-refractivity contribution >= 4 is 29.3 Å². The lowest BCUT2D eigenvalue weighted by Gasteiger charge is -2.37. The molecule has 2 N–H and O–H groups in total. The second kappa shape index (κ2) is 10.2. The maximum atomic E-state index is 6.03. The van der Waals surface area contributed by atoms with Crippen molar-refractivity contribution in [3.8, 4) is 0 Å². The molecule has 0 radical (unpaired) electrons. The zero-order valence-corrected chi connectivity index (χ0v) is 16.2. The van der Waals surface area contributed by atoms with Gasteiger partial charge in [0, 0.05) is 43.1 Å². The van der Waals surface area contributed by atoms with Gasteiger partial charge >= 0.3 is 0 Å². The summed E-state index contributed by atoms with van der Waals surface area (Å²) in [4.78, 5) is 4.34. The molecule has 1 heterocycles. The summed E-state index contributed by atoms with van der Waals surface area (Å²) >= 11 is 8.06. The molecule has 0 saturated carbocycles. The summed E-state index contributed by atoms with van der Waals surface area (Å²) in [5.41, 5.74) is 1.23. The van der Waals surface area contributed by atoms with Gasteiger partial charge in [-0.25, -0.2) is 0 Å². The Balaban J connectivity index is 1.79. The van der Waals surface area contributed by atoms with Gasteiger partial charge in [-0.3, -0.25) is 4.99 Å². The maximum Gasteiger partial charge on any atom is 0.191 e. The number of nitrogens with one attached hydrogen (secondary N) is 2. The predicted octanol–water partition coefficient (Wildman–Crippen LogP) is 3.35. The van der Waals surface area contributed by atoms with Crippen LogP contribution in [-0.2, 0) is 11.2 Å². The number of rotatable bonds is 7. The van der Waals surface area contributed by atoms with E-state index in [9.17, 15) is 0 Å². The summed E-state index contributed by atoms with van der Waals surface area (Å²) in [5.74, 6) is 1.99. The van der Waals surface area contributed by atoms with Crippen LogP contribution in [0.3, 0.4) is 0 Å². The van der Waals surface area contributed by atoms with E-state index in [0.29, 0.717) is 0 Å². The first kappa shape index (κ1) is 19.4. The molecule has 0 spiro atoms. The number of aliphatic imine (C=N–C) groups is 1. The number of benzene rings is 1. The van der Waals surface area contributed by atoms with E-state index in [1.54, 1.807) is 0 Å². The van der Waals surface area contributed by atoms with Crippen molar-refractivity contribution in [2.24, 2.45) is 4.99 Å². The number of thioether (sulfide) groups is 1. The molecular weight excluding hydrogens is 342 g/mol. The molecule has 6 heteroatoms. The van der Waals surface area contributed by atoms with Crippen LogP contribution in [0.4, 0.5) is 0 Å². The van der Waals surface area contributed by atoms with E-state index in [4.69, 9.17) is 16.3 Å². The van der Waals surface area contributed by atoms with Crippen molar-refractivity contribution in [1.82, 2.24) is 10.6 Å². The smallest absolute Gasteiger partial charge is 0.191 e. The summed E-state index contributed by atoms with van der Waals surface area (Å²) < 4.78 is 5.79. The van der Waals surface area contributed by atoms with Crippen LogP contribution in [0.2, 0.25) is 5.02 Å². The highest BCUT2D eigenvalue weighted by molar-refractivity contribution is 8.00. The Morgan fingerprint density at radius 3 is 2.79 bits per heavy atom. The Bertz CT molecular complexity index is 527. The zero-order valence-electron chi connectivity index (χ0n) is 14.6. The largest absolute Gasteiger partial charge is 0.381 e. The zero-order chi connectivity index (χ0) is 17.3. The molecule has 4 nitrogen and oxygen atoms in total. The van der Waals surface area contributed by atoms with Gasteiger partial charge in [0.25, 0.3) is 0 Å². The van der Waals surface area contributed by atoms with E-state index in [0.717, 1.165) is 62.3 Å². The molecule has 2 rings (SSSR count). The monoisotopic (exact) mass is 369 g/mol. The van der Waals surface area contributed by atoms with E-state index in [2.05, 4.69) is 28.6 Å². The Morgan fingerprint density at radius 2 is 2.12 bits per heavy atom. The predicted molar refractivity (Wildman–Crippen MR) is 105 cm³/mol. The first-order valence-corrected chi connectivity index (χ1v) is 9.94. The summed E-state index contributed by atoms with van der Waals surface area (Å²) in [7, 11) is 1.82. The van der Waals surface area contributed by atoms with Gasteiger partial charge in [0.05, 0.1) is 0 Å². The molecule has 24 heavy (non-hydrogen) atoms. The van der Waals surface area contributed by atoms with Crippen LogP contribution >= 0.6 is 23.4 Å². The summed E-state index contributed by atoms with van der Waals surface area (Å²) in [6.45, 7) is 5.69. The van der Waals surface area contributed by atoms with Gasteiger partial charge < -0.3 is 15.4 Å². The van der Waals surface area contributed by atoms with Gasteiger partial charge in [0.15, 0.2) is 5.96 Å². The van der Waals surface area contributed by atoms with Gasteiger partial charge in [0.2, 0.25) is 0 Å². The molecule has 1 aliphatic heterocycles. The number of nitrogens with zero attached hydrogens (tertiary/aromatic N) is 1. The van der Waals surface area contributed by atoms with Gasteiger partial charge in [-0.15, -0.1) is 0 Å². The van der Waals surface area contributed by atoms with Crippen LogP contribution in [0, 0.1) is 0 Å². The molecule has 1 saturated heterocycles. The molecule has 0 aromatic heterocycles. The van der Waals surface area contributed by atoms with E-state index in [1.807, 2.05) is 37.0 Å². The number of halogens is 1. The number of hydrogen-bond acceptors (Lipinski definition) is 3. The number of guanidine groups is 1. The van der Waals surface area contributed by atoms with E-state index in [-0.39, 0.29) is 4.75 Å². The second-order valence-corrected chi connectivity index (χ2v) is 8.13. The van der Waals surface area contributed by atoms with Gasteiger partial charge in [-0.2, -0.15) is 11.8 Å². The van der Waals surface area contributed by atoms with Crippen LogP contribution in [0.1, 0.15) is 25.3 Å². The van der Waals surface area contributed by atoms with E-state index in [1.165, 1.54) is 5.56 Å². The second-order valence-electron chi connectivity index (χ2n) is 5.96.